The van der Waals surface area contributed by atoms with Gasteiger partial charge in [0.1, 0.15) is 6.61 Å². The molecule has 2 aromatic rings. The van der Waals surface area contributed by atoms with Crippen LogP contribution in [0.2, 0.25) is 5.02 Å². The van der Waals surface area contributed by atoms with Crippen molar-refractivity contribution in [2.45, 2.75) is 32.5 Å². The molecule has 7 heteroatoms. The van der Waals surface area contributed by atoms with Crippen LogP contribution in [-0.2, 0) is 29.8 Å². The van der Waals surface area contributed by atoms with Gasteiger partial charge in [-0.25, -0.2) is 0 Å². The van der Waals surface area contributed by atoms with E-state index in [9.17, 15) is 9.36 Å². The zero-order valence-electron chi connectivity index (χ0n) is 15.5. The smallest absolute Gasteiger partial charge is 0.338 e. The minimum Gasteiger partial charge on any atom is -0.461 e. The molecule has 0 heterocycles. The molecule has 0 bridgehead atoms. The molecule has 0 saturated heterocycles. The van der Waals surface area contributed by atoms with Gasteiger partial charge in [-0.2, -0.15) is 0 Å². The normalized spacial score (nSPS) is 12.6. The van der Waals surface area contributed by atoms with Crippen LogP contribution in [0.3, 0.4) is 0 Å². The van der Waals surface area contributed by atoms with Crippen molar-refractivity contribution in [3.05, 3.63) is 70.7 Å². The first-order chi connectivity index (χ1) is 13.0. The standard InChI is InChI=1S/C20H24ClO5P/c1-3-25-27(23,26-4-2)19(17-10-12-18(21)13-11-17)14-20(22)24-15-16-8-6-5-7-9-16/h5-13,19H,3-4,14-15H2,1-2H3/t19-/m0/s1. The highest BCUT2D eigenvalue weighted by Crippen LogP contribution is 2.62. The molecule has 1 atom stereocenters. The Hall–Kier alpha value is -1.65. The summed E-state index contributed by atoms with van der Waals surface area (Å²) in [5.74, 6) is -0.474. The number of hydrogen-bond acceptors (Lipinski definition) is 5. The molecule has 0 aromatic heterocycles. The van der Waals surface area contributed by atoms with Gasteiger partial charge in [0.05, 0.1) is 25.3 Å². The number of carbonyl (C=O) groups excluding carboxylic acids is 1. The minimum atomic E-state index is -3.56. The summed E-state index contributed by atoms with van der Waals surface area (Å²) in [6, 6.07) is 16.2. The summed E-state index contributed by atoms with van der Waals surface area (Å²) in [4.78, 5) is 12.4. The first kappa shape index (κ1) is 21.6. The lowest BCUT2D eigenvalue weighted by atomic mass is 10.1. The van der Waals surface area contributed by atoms with E-state index >= 15 is 0 Å². The van der Waals surface area contributed by atoms with Gasteiger partial charge in [-0.05, 0) is 37.1 Å². The van der Waals surface area contributed by atoms with Gasteiger partial charge in [0, 0.05) is 5.02 Å². The van der Waals surface area contributed by atoms with Gasteiger partial charge in [-0.15, -0.1) is 0 Å². The van der Waals surface area contributed by atoms with Crippen LogP contribution >= 0.6 is 19.2 Å². The van der Waals surface area contributed by atoms with Crippen LogP contribution in [-0.4, -0.2) is 19.2 Å². The molecule has 0 aliphatic rings. The van der Waals surface area contributed by atoms with Gasteiger partial charge >= 0.3 is 13.6 Å². The van der Waals surface area contributed by atoms with Gasteiger partial charge in [0.15, 0.2) is 0 Å². The number of ether oxygens (including phenoxy) is 1. The summed E-state index contributed by atoms with van der Waals surface area (Å²) in [5, 5.41) is 0.548. The van der Waals surface area contributed by atoms with Crippen molar-refractivity contribution in [1.29, 1.82) is 0 Å². The van der Waals surface area contributed by atoms with Crippen molar-refractivity contribution < 1.29 is 23.1 Å². The van der Waals surface area contributed by atoms with E-state index < -0.39 is 19.2 Å². The maximum atomic E-state index is 13.3. The molecular weight excluding hydrogens is 387 g/mol. The number of esters is 1. The van der Waals surface area contributed by atoms with E-state index in [0.29, 0.717) is 10.6 Å². The second-order valence-corrected chi connectivity index (χ2v) is 8.45. The third-order valence-electron chi connectivity index (χ3n) is 3.86. The van der Waals surface area contributed by atoms with Crippen LogP contribution in [0.15, 0.2) is 54.6 Å². The molecule has 0 fully saturated rings. The summed E-state index contributed by atoms with van der Waals surface area (Å²) >= 11 is 5.95. The van der Waals surface area contributed by atoms with Gasteiger partial charge in [0.2, 0.25) is 0 Å². The summed E-state index contributed by atoms with van der Waals surface area (Å²) in [6.45, 7) is 4.04. The fraction of sp³-hybridized carbons (Fsp3) is 0.350. The van der Waals surface area contributed by atoms with Crippen LogP contribution in [0.1, 0.15) is 37.1 Å². The molecule has 5 nitrogen and oxygen atoms in total. The molecule has 2 rings (SSSR count). The summed E-state index contributed by atoms with van der Waals surface area (Å²) in [6.07, 6.45) is -0.119. The number of halogens is 1. The summed E-state index contributed by atoms with van der Waals surface area (Å²) in [7, 11) is -3.56. The fourth-order valence-corrected chi connectivity index (χ4v) is 4.82. The third kappa shape index (κ3) is 6.47. The van der Waals surface area contributed by atoms with Crippen molar-refractivity contribution >= 4 is 25.2 Å². The summed E-state index contributed by atoms with van der Waals surface area (Å²) in [5.41, 5.74) is 0.769. The second-order valence-electron chi connectivity index (χ2n) is 5.79. The maximum absolute atomic E-state index is 13.3. The van der Waals surface area contributed by atoms with Gasteiger partial charge in [-0.1, -0.05) is 54.1 Å². The van der Waals surface area contributed by atoms with Gasteiger partial charge in [-0.3, -0.25) is 9.36 Å². The zero-order valence-corrected chi connectivity index (χ0v) is 17.1. The lowest BCUT2D eigenvalue weighted by molar-refractivity contribution is -0.145. The summed E-state index contributed by atoms with van der Waals surface area (Å²) < 4.78 is 29.6. The van der Waals surface area contributed by atoms with Crippen LogP contribution < -0.4 is 0 Å². The van der Waals surface area contributed by atoms with Crippen molar-refractivity contribution in [3.63, 3.8) is 0 Å². The molecule has 27 heavy (non-hydrogen) atoms. The molecule has 0 aliphatic heterocycles. The van der Waals surface area contributed by atoms with Crippen LogP contribution in [0.5, 0.6) is 0 Å². The molecular formula is C20H24ClO5P. The molecule has 0 radical (unpaired) electrons. The fourth-order valence-electron chi connectivity index (χ4n) is 2.63. The average Bonchev–Trinajstić information content (AvgIpc) is 2.66. The highest BCUT2D eigenvalue weighted by atomic mass is 35.5. The highest BCUT2D eigenvalue weighted by Gasteiger charge is 2.38. The molecule has 0 spiro atoms. The van der Waals surface area contributed by atoms with Crippen LogP contribution in [0.25, 0.3) is 0 Å². The molecule has 0 saturated carbocycles. The van der Waals surface area contributed by atoms with Crippen molar-refractivity contribution in [2.75, 3.05) is 13.2 Å². The van der Waals surface area contributed by atoms with E-state index in [1.807, 2.05) is 30.3 Å². The van der Waals surface area contributed by atoms with E-state index in [1.54, 1.807) is 38.1 Å². The molecule has 0 aliphatic carbocycles. The molecule has 146 valence electrons. The number of benzene rings is 2. The number of rotatable bonds is 10. The molecule has 0 N–H and O–H groups in total. The lowest BCUT2D eigenvalue weighted by Crippen LogP contribution is -2.14. The topological polar surface area (TPSA) is 61.8 Å². The van der Waals surface area contributed by atoms with Crippen LogP contribution in [0.4, 0.5) is 0 Å². The van der Waals surface area contributed by atoms with Crippen molar-refractivity contribution in [1.82, 2.24) is 0 Å². The largest absolute Gasteiger partial charge is 0.461 e. The Morgan fingerprint density at radius 2 is 1.59 bits per heavy atom. The minimum absolute atomic E-state index is 0.119. The number of carbonyl (C=O) groups is 1. The van der Waals surface area contributed by atoms with E-state index in [1.165, 1.54) is 0 Å². The Kier molecular flexibility index (Phi) is 8.52. The lowest BCUT2D eigenvalue weighted by Gasteiger charge is -2.26. The van der Waals surface area contributed by atoms with Crippen molar-refractivity contribution in [3.8, 4) is 0 Å². The predicted octanol–water partition coefficient (Wildman–Crippen LogP) is 5.78. The average molecular weight is 411 g/mol. The molecule has 2 aromatic carbocycles. The third-order valence-corrected chi connectivity index (χ3v) is 6.59. The first-order valence-corrected chi connectivity index (χ1v) is 10.8. The van der Waals surface area contributed by atoms with E-state index in [4.69, 9.17) is 25.4 Å². The van der Waals surface area contributed by atoms with Gasteiger partial charge < -0.3 is 13.8 Å². The maximum Gasteiger partial charge on any atom is 0.338 e. The number of hydrogen-bond donors (Lipinski definition) is 0. The SMILES string of the molecule is CCOP(=O)(OCC)[C@@H](CC(=O)OCc1ccccc1)c1ccc(Cl)cc1. The Morgan fingerprint density at radius 1 is 1.00 bits per heavy atom. The quantitative estimate of drug-likeness (QED) is 0.367. The monoisotopic (exact) mass is 410 g/mol. The predicted molar refractivity (Wildman–Crippen MR) is 106 cm³/mol. The Morgan fingerprint density at radius 3 is 2.15 bits per heavy atom. The first-order valence-electron chi connectivity index (χ1n) is 8.82. The van der Waals surface area contributed by atoms with Crippen LogP contribution in [0, 0.1) is 0 Å². The van der Waals surface area contributed by atoms with Crippen molar-refractivity contribution in [2.24, 2.45) is 0 Å². The molecule has 0 amide bonds. The highest BCUT2D eigenvalue weighted by molar-refractivity contribution is 7.54. The Bertz CT molecular complexity index is 754. The Balaban J connectivity index is 2.19. The molecule has 0 unspecified atom stereocenters. The van der Waals surface area contributed by atoms with E-state index in [0.717, 1.165) is 5.56 Å². The van der Waals surface area contributed by atoms with E-state index in [-0.39, 0.29) is 26.2 Å². The van der Waals surface area contributed by atoms with Gasteiger partial charge in [0.25, 0.3) is 0 Å². The van der Waals surface area contributed by atoms with E-state index in [2.05, 4.69) is 0 Å². The zero-order chi connectivity index (χ0) is 19.7. The Labute approximate surface area is 165 Å². The second kappa shape index (κ2) is 10.6.